The van der Waals surface area contributed by atoms with Gasteiger partial charge in [0.05, 0.1) is 5.52 Å². The number of aryl methyl sites for hydroxylation is 2. The van der Waals surface area contributed by atoms with E-state index < -0.39 is 0 Å². The van der Waals surface area contributed by atoms with E-state index in [0.717, 1.165) is 11.9 Å². The summed E-state index contributed by atoms with van der Waals surface area (Å²) in [6.07, 6.45) is 2.91. The molecule has 66 valence electrons. The van der Waals surface area contributed by atoms with Crippen LogP contribution in [0.15, 0.2) is 30.5 Å². The van der Waals surface area contributed by atoms with E-state index in [1.807, 2.05) is 12.3 Å². The predicted molar refractivity (Wildman–Crippen MR) is 55.9 cm³/mol. The molecule has 1 nitrogen and oxygen atoms in total. The van der Waals surface area contributed by atoms with E-state index in [9.17, 15) is 0 Å². The Hall–Kier alpha value is -1.37. The van der Waals surface area contributed by atoms with Gasteiger partial charge in [0.2, 0.25) is 0 Å². The number of hydrogen-bond acceptors (Lipinski definition) is 1. The molecule has 1 aromatic heterocycles. The second-order valence-corrected chi connectivity index (χ2v) is 3.35. The zero-order valence-electron chi connectivity index (χ0n) is 8.04. The Labute approximate surface area is 78.4 Å². The standard InChI is InChI=1S/C12H13N/c1-3-10-7-9(2)8-11-5-4-6-13-12(10)11/h4-8H,3H2,1-2H3. The summed E-state index contributed by atoms with van der Waals surface area (Å²) >= 11 is 0. The van der Waals surface area contributed by atoms with Crippen LogP contribution in [0.3, 0.4) is 0 Å². The van der Waals surface area contributed by atoms with Gasteiger partial charge in [-0.15, -0.1) is 0 Å². The third kappa shape index (κ3) is 1.42. The van der Waals surface area contributed by atoms with Crippen LogP contribution in [0.2, 0.25) is 0 Å². The lowest BCUT2D eigenvalue weighted by Crippen LogP contribution is -1.88. The van der Waals surface area contributed by atoms with Crippen molar-refractivity contribution in [3.8, 4) is 0 Å². The minimum absolute atomic E-state index is 1.05. The molecule has 1 heteroatoms. The average Bonchev–Trinajstić information content (AvgIpc) is 2.16. The van der Waals surface area contributed by atoms with E-state index in [2.05, 4.69) is 37.0 Å². The summed E-state index contributed by atoms with van der Waals surface area (Å²) in [4.78, 5) is 4.39. The molecule has 0 saturated heterocycles. The third-order valence-electron chi connectivity index (χ3n) is 2.31. The van der Waals surface area contributed by atoms with E-state index in [-0.39, 0.29) is 0 Å². The Balaban J connectivity index is 2.81. The zero-order valence-corrected chi connectivity index (χ0v) is 8.04. The number of pyridine rings is 1. The SMILES string of the molecule is CCc1cc(C)cc2cccnc12. The molecule has 1 aromatic carbocycles. The number of aromatic nitrogens is 1. The first-order valence-corrected chi connectivity index (χ1v) is 4.65. The van der Waals surface area contributed by atoms with Crippen molar-refractivity contribution in [2.45, 2.75) is 20.3 Å². The Kier molecular flexibility index (Phi) is 2.01. The van der Waals surface area contributed by atoms with Gasteiger partial charge in [-0.3, -0.25) is 4.98 Å². The van der Waals surface area contributed by atoms with E-state index in [1.165, 1.54) is 16.5 Å². The van der Waals surface area contributed by atoms with Gasteiger partial charge < -0.3 is 0 Å². The fraction of sp³-hybridized carbons (Fsp3) is 0.250. The molecule has 0 aliphatic carbocycles. The van der Waals surface area contributed by atoms with Crippen LogP contribution in [0.25, 0.3) is 10.9 Å². The second-order valence-electron chi connectivity index (χ2n) is 3.35. The highest BCUT2D eigenvalue weighted by Gasteiger charge is 2.00. The Morgan fingerprint density at radius 3 is 2.92 bits per heavy atom. The summed E-state index contributed by atoms with van der Waals surface area (Å²) in [5.41, 5.74) is 3.81. The van der Waals surface area contributed by atoms with Crippen molar-refractivity contribution in [3.63, 3.8) is 0 Å². The first kappa shape index (κ1) is 8.24. The van der Waals surface area contributed by atoms with Crippen molar-refractivity contribution in [2.24, 2.45) is 0 Å². The van der Waals surface area contributed by atoms with E-state index in [1.54, 1.807) is 0 Å². The van der Waals surface area contributed by atoms with Gasteiger partial charge in [-0.05, 0) is 31.0 Å². The summed E-state index contributed by atoms with van der Waals surface area (Å²) in [6, 6.07) is 8.51. The van der Waals surface area contributed by atoms with Crippen LogP contribution in [-0.4, -0.2) is 4.98 Å². The van der Waals surface area contributed by atoms with Crippen molar-refractivity contribution < 1.29 is 0 Å². The number of rotatable bonds is 1. The topological polar surface area (TPSA) is 12.9 Å². The molecule has 2 rings (SSSR count). The zero-order chi connectivity index (χ0) is 9.26. The Bertz CT molecular complexity index is 432. The van der Waals surface area contributed by atoms with Gasteiger partial charge in [-0.1, -0.05) is 24.6 Å². The highest BCUT2D eigenvalue weighted by atomic mass is 14.6. The highest BCUT2D eigenvalue weighted by Crippen LogP contribution is 2.18. The van der Waals surface area contributed by atoms with Gasteiger partial charge in [0.25, 0.3) is 0 Å². The second kappa shape index (κ2) is 3.17. The number of nitrogens with zero attached hydrogens (tertiary/aromatic N) is 1. The molecule has 0 radical (unpaired) electrons. The largest absolute Gasteiger partial charge is 0.256 e. The monoisotopic (exact) mass is 171 g/mol. The van der Waals surface area contributed by atoms with Crippen molar-refractivity contribution in [1.82, 2.24) is 4.98 Å². The summed E-state index contributed by atoms with van der Waals surface area (Å²) in [7, 11) is 0. The Morgan fingerprint density at radius 1 is 1.31 bits per heavy atom. The lowest BCUT2D eigenvalue weighted by atomic mass is 10.0. The van der Waals surface area contributed by atoms with Gasteiger partial charge in [0, 0.05) is 11.6 Å². The van der Waals surface area contributed by atoms with Crippen molar-refractivity contribution in [1.29, 1.82) is 0 Å². The molecule has 0 aliphatic rings. The Morgan fingerprint density at radius 2 is 2.15 bits per heavy atom. The predicted octanol–water partition coefficient (Wildman–Crippen LogP) is 3.11. The lowest BCUT2D eigenvalue weighted by molar-refractivity contribution is 1.14. The smallest absolute Gasteiger partial charge is 0.0733 e. The van der Waals surface area contributed by atoms with E-state index >= 15 is 0 Å². The van der Waals surface area contributed by atoms with Crippen LogP contribution in [-0.2, 0) is 6.42 Å². The molecule has 0 spiro atoms. The summed E-state index contributed by atoms with van der Waals surface area (Å²) in [5, 5.41) is 1.25. The molecular weight excluding hydrogens is 158 g/mol. The summed E-state index contributed by atoms with van der Waals surface area (Å²) < 4.78 is 0. The maximum absolute atomic E-state index is 4.39. The van der Waals surface area contributed by atoms with Gasteiger partial charge >= 0.3 is 0 Å². The van der Waals surface area contributed by atoms with Crippen LogP contribution in [0.4, 0.5) is 0 Å². The molecule has 0 saturated carbocycles. The van der Waals surface area contributed by atoms with Gasteiger partial charge in [-0.2, -0.15) is 0 Å². The molecule has 0 N–H and O–H groups in total. The molecule has 13 heavy (non-hydrogen) atoms. The first-order chi connectivity index (χ1) is 6.31. The van der Waals surface area contributed by atoms with Crippen LogP contribution in [0.5, 0.6) is 0 Å². The van der Waals surface area contributed by atoms with Crippen molar-refractivity contribution in [2.75, 3.05) is 0 Å². The quantitative estimate of drug-likeness (QED) is 0.642. The normalized spacial score (nSPS) is 10.6. The molecule has 0 fully saturated rings. The minimum atomic E-state index is 1.05. The number of hydrogen-bond donors (Lipinski definition) is 0. The third-order valence-corrected chi connectivity index (χ3v) is 2.31. The molecule has 0 bridgehead atoms. The van der Waals surface area contributed by atoms with E-state index in [4.69, 9.17) is 0 Å². The lowest BCUT2D eigenvalue weighted by Gasteiger charge is -2.04. The summed E-state index contributed by atoms with van der Waals surface area (Å²) in [5.74, 6) is 0. The summed E-state index contributed by atoms with van der Waals surface area (Å²) in [6.45, 7) is 4.30. The van der Waals surface area contributed by atoms with Crippen molar-refractivity contribution >= 4 is 10.9 Å². The molecule has 0 aliphatic heterocycles. The van der Waals surface area contributed by atoms with Crippen LogP contribution >= 0.6 is 0 Å². The molecule has 1 heterocycles. The van der Waals surface area contributed by atoms with Crippen LogP contribution < -0.4 is 0 Å². The fourth-order valence-electron chi connectivity index (χ4n) is 1.70. The van der Waals surface area contributed by atoms with Gasteiger partial charge in [0.1, 0.15) is 0 Å². The molecular formula is C12H13N. The average molecular weight is 171 g/mol. The molecule has 0 unspecified atom stereocenters. The maximum atomic E-state index is 4.39. The molecule has 2 aromatic rings. The van der Waals surface area contributed by atoms with Crippen LogP contribution in [0, 0.1) is 6.92 Å². The molecule has 0 amide bonds. The maximum Gasteiger partial charge on any atom is 0.0733 e. The number of benzene rings is 1. The van der Waals surface area contributed by atoms with Gasteiger partial charge in [-0.25, -0.2) is 0 Å². The number of fused-ring (bicyclic) bond motifs is 1. The van der Waals surface area contributed by atoms with Crippen LogP contribution in [0.1, 0.15) is 18.1 Å². The molecule has 0 atom stereocenters. The van der Waals surface area contributed by atoms with Crippen molar-refractivity contribution in [3.05, 3.63) is 41.6 Å². The minimum Gasteiger partial charge on any atom is -0.256 e. The fourth-order valence-corrected chi connectivity index (χ4v) is 1.70. The van der Waals surface area contributed by atoms with Gasteiger partial charge in [0.15, 0.2) is 0 Å². The van der Waals surface area contributed by atoms with E-state index in [0.29, 0.717) is 0 Å². The first-order valence-electron chi connectivity index (χ1n) is 4.65. The highest BCUT2D eigenvalue weighted by molar-refractivity contribution is 5.82.